The normalized spacial score (nSPS) is 13.3. The zero-order chi connectivity index (χ0) is 20.6. The second-order valence-electron chi connectivity index (χ2n) is 6.68. The number of aryl methyl sites for hydroxylation is 1. The van der Waals surface area contributed by atoms with Gasteiger partial charge in [0.1, 0.15) is 16.5 Å². The van der Waals surface area contributed by atoms with Crippen molar-refractivity contribution >= 4 is 43.4 Å². The molecule has 1 aromatic heterocycles. The van der Waals surface area contributed by atoms with E-state index in [1.165, 1.54) is 19.2 Å². The van der Waals surface area contributed by atoms with Crippen molar-refractivity contribution in [3.63, 3.8) is 0 Å². The van der Waals surface area contributed by atoms with Gasteiger partial charge in [0.15, 0.2) is 0 Å². The largest absolute Gasteiger partial charge is 0.388 e. The third-order valence-electron chi connectivity index (χ3n) is 3.93. The zero-order valence-electron chi connectivity index (χ0n) is 15.2. The third-order valence-corrected chi connectivity index (χ3v) is 5.59. The van der Waals surface area contributed by atoms with Gasteiger partial charge in [-0.25, -0.2) is 22.9 Å². The lowest BCUT2D eigenvalue weighted by atomic mass is 10.0. The first-order valence-corrected chi connectivity index (χ1v) is 10.2. The molecule has 0 aliphatic heterocycles. The Kier molecular flexibility index (Phi) is 6.10. The summed E-state index contributed by atoms with van der Waals surface area (Å²) in [4.78, 5) is 7.84. The number of primary sulfonamides is 1. The number of aliphatic hydroxyl groups is 1. The zero-order valence-corrected chi connectivity index (χ0v) is 17.6. The molecule has 0 bridgehead atoms. The summed E-state index contributed by atoms with van der Waals surface area (Å²) < 4.78 is 37.7. The second-order valence-corrected chi connectivity index (χ2v) is 9.04. The number of nitrogens with two attached hydrogens (primary N) is 1. The number of rotatable bonds is 6. The molecule has 1 heterocycles. The maximum atomic E-state index is 14.2. The van der Waals surface area contributed by atoms with Crippen molar-refractivity contribution in [2.45, 2.75) is 44.2 Å². The number of hydrogen-bond donors (Lipinski definition) is 4. The summed E-state index contributed by atoms with van der Waals surface area (Å²) in [5.41, 5.74) is -0.561. The Morgan fingerprint density at radius 1 is 1.37 bits per heavy atom. The van der Waals surface area contributed by atoms with Gasteiger partial charge in [-0.3, -0.25) is 0 Å². The van der Waals surface area contributed by atoms with E-state index in [1.54, 1.807) is 20.8 Å². The molecule has 0 fully saturated rings. The van der Waals surface area contributed by atoms with Crippen molar-refractivity contribution in [2.75, 3.05) is 10.6 Å². The van der Waals surface area contributed by atoms with E-state index >= 15 is 0 Å². The highest BCUT2D eigenvalue weighted by molar-refractivity contribution is 9.10. The van der Waals surface area contributed by atoms with Crippen LogP contribution in [0.2, 0.25) is 0 Å². The summed E-state index contributed by atoms with van der Waals surface area (Å²) in [6, 6.07) is 2.12. The van der Waals surface area contributed by atoms with Gasteiger partial charge in [-0.1, -0.05) is 0 Å². The van der Waals surface area contributed by atoms with Gasteiger partial charge in [-0.05, 0) is 61.3 Å². The number of sulfonamides is 1. The lowest BCUT2D eigenvalue weighted by molar-refractivity contribution is 0.0647. The Hall–Kier alpha value is -1.82. The number of anilines is 3. The molecule has 0 unspecified atom stereocenters. The standard InChI is InChI=1S/C16H21BrFN5O3S/c1-8-5-10(6-12(18)13(8)27(19,25)26)22-15-20-7-11(17)14(23-15)21-9(2)16(3,4)24/h5-7,9,24H,1-4H3,(H2,19,25,26)(H2,20,21,22,23)/t9-/m1/s1. The topological polar surface area (TPSA) is 130 Å². The summed E-state index contributed by atoms with van der Waals surface area (Å²) in [6.07, 6.45) is 1.50. The molecular weight excluding hydrogens is 441 g/mol. The molecule has 148 valence electrons. The van der Waals surface area contributed by atoms with Gasteiger partial charge in [-0.2, -0.15) is 4.98 Å². The van der Waals surface area contributed by atoms with Gasteiger partial charge in [0.2, 0.25) is 16.0 Å². The van der Waals surface area contributed by atoms with Gasteiger partial charge in [0.05, 0.1) is 16.1 Å². The number of hydrogen-bond acceptors (Lipinski definition) is 7. The predicted octanol–water partition coefficient (Wildman–Crippen LogP) is 2.65. The molecule has 1 aromatic carbocycles. The average molecular weight is 462 g/mol. The quantitative estimate of drug-likeness (QED) is 0.519. The van der Waals surface area contributed by atoms with Crippen LogP contribution in [-0.2, 0) is 10.0 Å². The van der Waals surface area contributed by atoms with Crippen molar-refractivity contribution in [1.29, 1.82) is 0 Å². The summed E-state index contributed by atoms with van der Waals surface area (Å²) in [5, 5.41) is 21.0. The molecular formula is C16H21BrFN5O3S. The summed E-state index contributed by atoms with van der Waals surface area (Å²) in [7, 11) is -4.17. The molecule has 11 heteroatoms. The van der Waals surface area contributed by atoms with E-state index in [0.29, 0.717) is 10.3 Å². The van der Waals surface area contributed by atoms with Gasteiger partial charge in [0, 0.05) is 11.9 Å². The molecule has 5 N–H and O–H groups in total. The molecule has 8 nitrogen and oxygen atoms in total. The van der Waals surface area contributed by atoms with Crippen LogP contribution in [0, 0.1) is 12.7 Å². The van der Waals surface area contributed by atoms with Crippen LogP contribution in [0.25, 0.3) is 0 Å². The van der Waals surface area contributed by atoms with E-state index in [4.69, 9.17) is 5.14 Å². The van der Waals surface area contributed by atoms with E-state index in [2.05, 4.69) is 36.5 Å². The van der Waals surface area contributed by atoms with Crippen LogP contribution in [0.4, 0.5) is 21.8 Å². The number of benzene rings is 1. The van der Waals surface area contributed by atoms with Crippen molar-refractivity contribution in [2.24, 2.45) is 5.14 Å². The lowest BCUT2D eigenvalue weighted by Crippen LogP contribution is -2.39. The smallest absolute Gasteiger partial charge is 0.241 e. The minimum absolute atomic E-state index is 0.158. The summed E-state index contributed by atoms with van der Waals surface area (Å²) >= 11 is 3.33. The number of aromatic nitrogens is 2. The van der Waals surface area contributed by atoms with E-state index in [9.17, 15) is 17.9 Å². The molecule has 27 heavy (non-hydrogen) atoms. The first-order valence-electron chi connectivity index (χ1n) is 7.90. The van der Waals surface area contributed by atoms with E-state index < -0.39 is 26.3 Å². The van der Waals surface area contributed by atoms with Crippen LogP contribution in [0.1, 0.15) is 26.3 Å². The number of nitrogens with zero attached hydrogens (tertiary/aromatic N) is 2. The van der Waals surface area contributed by atoms with Gasteiger partial charge in [0.25, 0.3) is 0 Å². The van der Waals surface area contributed by atoms with Gasteiger partial charge < -0.3 is 15.7 Å². The molecule has 0 amide bonds. The molecule has 0 spiro atoms. The highest BCUT2D eigenvalue weighted by Gasteiger charge is 2.23. The predicted molar refractivity (Wildman–Crippen MR) is 105 cm³/mol. The summed E-state index contributed by atoms with van der Waals surface area (Å²) in [5.74, 6) is -0.377. The van der Waals surface area contributed by atoms with Crippen LogP contribution >= 0.6 is 15.9 Å². The Balaban J connectivity index is 2.32. The Labute approximate surface area is 165 Å². The van der Waals surface area contributed by atoms with Crippen molar-refractivity contribution in [3.8, 4) is 0 Å². The fraction of sp³-hybridized carbons (Fsp3) is 0.375. The van der Waals surface area contributed by atoms with Crippen LogP contribution in [0.3, 0.4) is 0 Å². The fourth-order valence-electron chi connectivity index (χ4n) is 2.20. The average Bonchev–Trinajstić information content (AvgIpc) is 2.47. The Bertz CT molecular complexity index is 940. The van der Waals surface area contributed by atoms with Crippen molar-refractivity contribution in [1.82, 2.24) is 9.97 Å². The minimum Gasteiger partial charge on any atom is -0.388 e. The van der Waals surface area contributed by atoms with E-state index in [0.717, 1.165) is 6.07 Å². The van der Waals surface area contributed by atoms with Crippen molar-refractivity contribution < 1.29 is 17.9 Å². The maximum absolute atomic E-state index is 14.2. The van der Waals surface area contributed by atoms with Crippen molar-refractivity contribution in [3.05, 3.63) is 34.2 Å². The number of nitrogens with one attached hydrogen (secondary N) is 2. The fourth-order valence-corrected chi connectivity index (χ4v) is 3.35. The Morgan fingerprint density at radius 2 is 2.00 bits per heavy atom. The van der Waals surface area contributed by atoms with Crippen LogP contribution in [0.15, 0.2) is 27.7 Å². The van der Waals surface area contributed by atoms with E-state index in [1.807, 2.05) is 0 Å². The van der Waals surface area contributed by atoms with Gasteiger partial charge >= 0.3 is 0 Å². The molecule has 1 atom stereocenters. The maximum Gasteiger partial charge on any atom is 0.241 e. The molecule has 0 saturated carbocycles. The van der Waals surface area contributed by atoms with Crippen LogP contribution in [0.5, 0.6) is 0 Å². The minimum atomic E-state index is -4.17. The van der Waals surface area contributed by atoms with Crippen LogP contribution < -0.4 is 15.8 Å². The highest BCUT2D eigenvalue weighted by Crippen LogP contribution is 2.27. The SMILES string of the molecule is Cc1cc(Nc2ncc(Br)c(N[C@H](C)C(C)(C)O)n2)cc(F)c1S(N)(=O)=O. The molecule has 2 rings (SSSR count). The number of halogens is 2. The molecule has 2 aromatic rings. The second kappa shape index (κ2) is 7.66. The lowest BCUT2D eigenvalue weighted by Gasteiger charge is -2.27. The molecule has 0 aliphatic rings. The molecule has 0 radical (unpaired) electrons. The van der Waals surface area contributed by atoms with Gasteiger partial charge in [-0.15, -0.1) is 0 Å². The van der Waals surface area contributed by atoms with E-state index in [-0.39, 0.29) is 23.2 Å². The Morgan fingerprint density at radius 3 is 2.52 bits per heavy atom. The monoisotopic (exact) mass is 461 g/mol. The first-order chi connectivity index (χ1) is 12.3. The molecule has 0 aliphatic carbocycles. The third kappa shape index (κ3) is 5.34. The summed E-state index contributed by atoms with van der Waals surface area (Å²) in [6.45, 7) is 6.57. The highest BCUT2D eigenvalue weighted by atomic mass is 79.9. The first kappa shape index (κ1) is 21.5. The molecule has 0 saturated heterocycles. The van der Waals surface area contributed by atoms with Crippen LogP contribution in [-0.4, -0.2) is 35.1 Å².